The van der Waals surface area contributed by atoms with Crippen LogP contribution in [0.15, 0.2) is 24.3 Å². The average molecular weight is 200 g/mol. The normalized spacial score (nSPS) is 14.0. The number of halogens is 1. The van der Waals surface area contributed by atoms with E-state index in [2.05, 4.69) is 29.6 Å². The second-order valence-corrected chi connectivity index (χ2v) is 2.47. The van der Waals surface area contributed by atoms with E-state index < -0.39 is 0 Å². The molecule has 10 heavy (non-hydrogen) atoms. The van der Waals surface area contributed by atoms with Crippen molar-refractivity contribution in [3.8, 4) is 0 Å². The summed E-state index contributed by atoms with van der Waals surface area (Å²) in [5, 5.41) is 2.32. The number of quaternary nitrogens is 1. The average Bonchev–Trinajstić information content (AvgIpc) is 2.33. The zero-order valence-electron chi connectivity index (χ0n) is 5.68. The standard InChI is InChI=1S/C8H9N.BrH/c1-2-4-8-6-9-5-7(8)3-1;/h1-4,9H,5-6H2;1H. The molecule has 0 bridgehead atoms. The van der Waals surface area contributed by atoms with E-state index in [9.17, 15) is 0 Å². The molecule has 0 saturated heterocycles. The summed E-state index contributed by atoms with van der Waals surface area (Å²) in [6.45, 7) is 2.35. The fourth-order valence-electron chi connectivity index (χ4n) is 1.34. The fourth-order valence-corrected chi connectivity index (χ4v) is 1.34. The summed E-state index contributed by atoms with van der Waals surface area (Å²) in [6.07, 6.45) is 0. The fraction of sp³-hybridized carbons (Fsp3) is 0.250. The van der Waals surface area contributed by atoms with Crippen LogP contribution in [0.2, 0.25) is 0 Å². The van der Waals surface area contributed by atoms with Gasteiger partial charge in [-0.05, 0) is 0 Å². The minimum Gasteiger partial charge on any atom is -1.00 e. The summed E-state index contributed by atoms with van der Waals surface area (Å²) < 4.78 is 0. The molecular weight excluding hydrogens is 190 g/mol. The molecule has 1 heterocycles. The summed E-state index contributed by atoms with van der Waals surface area (Å²) in [5.41, 5.74) is 3.02. The van der Waals surface area contributed by atoms with Crippen LogP contribution in [0.5, 0.6) is 0 Å². The van der Waals surface area contributed by atoms with Crippen LogP contribution in [0.1, 0.15) is 11.1 Å². The Kier molecular flexibility index (Phi) is 2.46. The monoisotopic (exact) mass is 199 g/mol. The van der Waals surface area contributed by atoms with Crippen LogP contribution in [0.4, 0.5) is 0 Å². The molecule has 0 spiro atoms. The number of rotatable bonds is 0. The summed E-state index contributed by atoms with van der Waals surface area (Å²) >= 11 is 0. The van der Waals surface area contributed by atoms with E-state index in [0.717, 1.165) is 0 Å². The van der Waals surface area contributed by atoms with Crippen molar-refractivity contribution in [2.24, 2.45) is 0 Å². The van der Waals surface area contributed by atoms with Crippen molar-refractivity contribution in [2.45, 2.75) is 13.1 Å². The van der Waals surface area contributed by atoms with Crippen LogP contribution in [0.3, 0.4) is 0 Å². The first-order chi connectivity index (χ1) is 4.47. The number of nitrogens with two attached hydrogens (primary N) is 1. The lowest BCUT2D eigenvalue weighted by molar-refractivity contribution is -0.676. The van der Waals surface area contributed by atoms with Gasteiger partial charge in [0.15, 0.2) is 0 Å². The van der Waals surface area contributed by atoms with Gasteiger partial charge in [-0.2, -0.15) is 0 Å². The topological polar surface area (TPSA) is 16.6 Å². The maximum absolute atomic E-state index is 2.32. The van der Waals surface area contributed by atoms with Gasteiger partial charge >= 0.3 is 0 Å². The van der Waals surface area contributed by atoms with Crippen LogP contribution < -0.4 is 22.3 Å². The minimum atomic E-state index is 0. The van der Waals surface area contributed by atoms with Crippen molar-refractivity contribution in [2.75, 3.05) is 0 Å². The number of hydrogen-bond acceptors (Lipinski definition) is 0. The zero-order chi connectivity index (χ0) is 6.10. The van der Waals surface area contributed by atoms with Gasteiger partial charge < -0.3 is 22.3 Å². The molecule has 0 atom stereocenters. The van der Waals surface area contributed by atoms with Gasteiger partial charge in [0.2, 0.25) is 0 Å². The van der Waals surface area contributed by atoms with E-state index in [1.807, 2.05) is 0 Å². The Labute approximate surface area is 71.2 Å². The molecule has 54 valence electrons. The SMILES string of the molecule is [Br-].c1ccc2c(c1)C[NH2+]C2. The molecule has 0 unspecified atom stereocenters. The third kappa shape index (κ3) is 1.22. The first-order valence-electron chi connectivity index (χ1n) is 3.35. The maximum atomic E-state index is 2.32. The third-order valence-corrected chi connectivity index (χ3v) is 1.85. The van der Waals surface area contributed by atoms with E-state index in [-0.39, 0.29) is 17.0 Å². The Bertz CT molecular complexity index is 199. The second kappa shape index (κ2) is 3.17. The van der Waals surface area contributed by atoms with E-state index in [1.165, 1.54) is 24.2 Å². The van der Waals surface area contributed by atoms with Crippen molar-refractivity contribution < 1.29 is 22.3 Å². The number of fused-ring (bicyclic) bond motifs is 1. The molecule has 0 aliphatic carbocycles. The molecule has 1 aromatic carbocycles. The van der Waals surface area contributed by atoms with Crippen molar-refractivity contribution >= 4 is 0 Å². The Balaban J connectivity index is 0.000000500. The molecule has 1 aromatic rings. The van der Waals surface area contributed by atoms with Gasteiger partial charge in [-0.1, -0.05) is 24.3 Å². The highest BCUT2D eigenvalue weighted by atomic mass is 79.9. The lowest BCUT2D eigenvalue weighted by Crippen LogP contribution is -3.00. The van der Waals surface area contributed by atoms with Crippen LogP contribution >= 0.6 is 0 Å². The molecular formula is C8H10BrN. The van der Waals surface area contributed by atoms with E-state index in [1.54, 1.807) is 0 Å². The highest BCUT2D eigenvalue weighted by molar-refractivity contribution is 5.26. The quantitative estimate of drug-likeness (QED) is 0.468. The lowest BCUT2D eigenvalue weighted by Gasteiger charge is -1.88. The Morgan fingerprint density at radius 1 is 1.00 bits per heavy atom. The molecule has 0 saturated carbocycles. The summed E-state index contributed by atoms with van der Waals surface area (Å²) in [6, 6.07) is 8.63. The largest absolute Gasteiger partial charge is 1.00 e. The summed E-state index contributed by atoms with van der Waals surface area (Å²) in [4.78, 5) is 0. The third-order valence-electron chi connectivity index (χ3n) is 1.85. The molecule has 2 rings (SSSR count). The maximum Gasteiger partial charge on any atom is 0.102 e. The van der Waals surface area contributed by atoms with Crippen LogP contribution in [0, 0.1) is 0 Å². The Morgan fingerprint density at radius 3 is 2.00 bits per heavy atom. The second-order valence-electron chi connectivity index (χ2n) is 2.47. The molecule has 0 amide bonds. The zero-order valence-corrected chi connectivity index (χ0v) is 7.26. The molecule has 0 aromatic heterocycles. The molecule has 2 N–H and O–H groups in total. The van der Waals surface area contributed by atoms with Crippen LogP contribution in [-0.4, -0.2) is 0 Å². The predicted molar refractivity (Wildman–Crippen MR) is 35.8 cm³/mol. The smallest absolute Gasteiger partial charge is 0.102 e. The van der Waals surface area contributed by atoms with E-state index in [4.69, 9.17) is 0 Å². The number of hydrogen-bond donors (Lipinski definition) is 1. The molecule has 0 radical (unpaired) electrons. The van der Waals surface area contributed by atoms with Crippen molar-refractivity contribution in [1.29, 1.82) is 0 Å². The first-order valence-corrected chi connectivity index (χ1v) is 3.35. The van der Waals surface area contributed by atoms with E-state index >= 15 is 0 Å². The van der Waals surface area contributed by atoms with Gasteiger partial charge in [0, 0.05) is 11.1 Å². The molecule has 1 aliphatic rings. The van der Waals surface area contributed by atoms with Crippen molar-refractivity contribution in [1.82, 2.24) is 0 Å². The summed E-state index contributed by atoms with van der Waals surface area (Å²) in [5.74, 6) is 0. The van der Waals surface area contributed by atoms with E-state index in [0.29, 0.717) is 0 Å². The van der Waals surface area contributed by atoms with Gasteiger partial charge in [-0.3, -0.25) is 0 Å². The Hall–Kier alpha value is -0.340. The minimum absolute atomic E-state index is 0. The van der Waals surface area contributed by atoms with Crippen molar-refractivity contribution in [3.63, 3.8) is 0 Å². The molecule has 0 fully saturated rings. The van der Waals surface area contributed by atoms with Gasteiger partial charge in [0.05, 0.1) is 0 Å². The highest BCUT2D eigenvalue weighted by Gasteiger charge is 2.10. The first kappa shape index (κ1) is 7.76. The van der Waals surface area contributed by atoms with Crippen LogP contribution in [0.25, 0.3) is 0 Å². The molecule has 1 aliphatic heterocycles. The highest BCUT2D eigenvalue weighted by Crippen LogP contribution is 2.08. The predicted octanol–water partition coefficient (Wildman–Crippen LogP) is -2.73. The Morgan fingerprint density at radius 2 is 1.50 bits per heavy atom. The van der Waals surface area contributed by atoms with Gasteiger partial charge in [0.25, 0.3) is 0 Å². The van der Waals surface area contributed by atoms with Crippen LogP contribution in [-0.2, 0) is 13.1 Å². The molecule has 2 heteroatoms. The van der Waals surface area contributed by atoms with Gasteiger partial charge in [-0.25, -0.2) is 0 Å². The van der Waals surface area contributed by atoms with Gasteiger partial charge in [-0.15, -0.1) is 0 Å². The van der Waals surface area contributed by atoms with Gasteiger partial charge in [0.1, 0.15) is 13.1 Å². The van der Waals surface area contributed by atoms with Crippen molar-refractivity contribution in [3.05, 3.63) is 35.4 Å². The lowest BCUT2D eigenvalue weighted by atomic mass is 10.1. The number of benzene rings is 1. The molecule has 1 nitrogen and oxygen atoms in total. The summed E-state index contributed by atoms with van der Waals surface area (Å²) in [7, 11) is 0.